The van der Waals surface area contributed by atoms with Crippen molar-refractivity contribution in [2.24, 2.45) is 0 Å². The number of nitrogens with one attached hydrogen (secondary N) is 1. The molecule has 0 saturated carbocycles. The predicted octanol–water partition coefficient (Wildman–Crippen LogP) is 3.49. The van der Waals surface area contributed by atoms with Crippen LogP contribution in [0.15, 0.2) is 55.1 Å². The molecule has 0 spiro atoms. The molecule has 0 saturated heterocycles. The van der Waals surface area contributed by atoms with Crippen LogP contribution in [0.5, 0.6) is 0 Å². The van der Waals surface area contributed by atoms with Crippen LogP contribution in [0, 0.1) is 0 Å². The highest BCUT2D eigenvalue weighted by atomic mass is 15.3. The number of imidazole rings is 1. The minimum absolute atomic E-state index is 0.806. The summed E-state index contributed by atoms with van der Waals surface area (Å²) in [5, 5.41) is 7.73. The third-order valence-corrected chi connectivity index (χ3v) is 3.93. The quantitative estimate of drug-likeness (QED) is 0.800. The molecule has 1 aliphatic rings. The van der Waals surface area contributed by atoms with Gasteiger partial charge in [0.2, 0.25) is 0 Å². The Kier molecular flexibility index (Phi) is 3.70. The lowest BCUT2D eigenvalue weighted by atomic mass is 10.3. The molecule has 4 rings (SSSR count). The molecule has 1 N–H and O–H groups in total. The Morgan fingerprint density at radius 3 is 2.96 bits per heavy atom. The largest absolute Gasteiger partial charge is 0.337 e. The van der Waals surface area contributed by atoms with Crippen molar-refractivity contribution >= 4 is 17.7 Å². The topological polar surface area (TPSA) is 60.6 Å². The summed E-state index contributed by atoms with van der Waals surface area (Å²) >= 11 is 0. The number of allylic oxidation sites excluding steroid dienone is 2. The maximum atomic E-state index is 4.62. The van der Waals surface area contributed by atoms with E-state index in [1.54, 1.807) is 6.20 Å². The summed E-state index contributed by atoms with van der Waals surface area (Å²) in [4.78, 5) is 8.95. The van der Waals surface area contributed by atoms with E-state index in [0.717, 1.165) is 41.6 Å². The predicted molar refractivity (Wildman–Crippen MR) is 94.9 cm³/mol. The summed E-state index contributed by atoms with van der Waals surface area (Å²) in [5.41, 5.74) is 3.03. The lowest BCUT2D eigenvalue weighted by molar-refractivity contribution is 0.660. The van der Waals surface area contributed by atoms with Gasteiger partial charge in [-0.2, -0.15) is 5.10 Å². The van der Waals surface area contributed by atoms with Gasteiger partial charge in [-0.3, -0.25) is 9.25 Å². The molecule has 4 heterocycles. The fourth-order valence-electron chi connectivity index (χ4n) is 2.72. The first kappa shape index (κ1) is 14.4. The fourth-order valence-corrected chi connectivity index (χ4v) is 2.72. The zero-order valence-electron chi connectivity index (χ0n) is 13.4. The van der Waals surface area contributed by atoms with Gasteiger partial charge in [0.25, 0.3) is 0 Å². The average Bonchev–Trinajstić information content (AvgIpc) is 3.21. The van der Waals surface area contributed by atoms with Crippen LogP contribution >= 0.6 is 0 Å². The molecular weight excluding hydrogens is 300 g/mol. The Morgan fingerprint density at radius 1 is 1.21 bits per heavy atom. The second-order valence-corrected chi connectivity index (χ2v) is 5.50. The van der Waals surface area contributed by atoms with E-state index in [2.05, 4.69) is 50.2 Å². The second-order valence-electron chi connectivity index (χ2n) is 5.50. The highest BCUT2D eigenvalue weighted by Crippen LogP contribution is 2.27. The van der Waals surface area contributed by atoms with Crippen molar-refractivity contribution in [1.82, 2.24) is 24.3 Å². The molecule has 0 fully saturated rings. The number of fused-ring (bicyclic) bond motifs is 1. The minimum Gasteiger partial charge on any atom is -0.337 e. The Morgan fingerprint density at radius 2 is 2.17 bits per heavy atom. The maximum Gasteiger partial charge on any atom is 0.160 e. The van der Waals surface area contributed by atoms with Crippen LogP contribution in [-0.2, 0) is 6.54 Å². The summed E-state index contributed by atoms with van der Waals surface area (Å²) in [5.74, 6) is 1.68. The van der Waals surface area contributed by atoms with Gasteiger partial charge in [0.15, 0.2) is 5.82 Å². The number of rotatable bonds is 4. The van der Waals surface area contributed by atoms with Crippen molar-refractivity contribution in [3.05, 3.63) is 61.0 Å². The fraction of sp³-hybridized carbons (Fsp3) is 0.167. The van der Waals surface area contributed by atoms with Crippen LogP contribution in [0.4, 0.5) is 5.82 Å². The van der Waals surface area contributed by atoms with Gasteiger partial charge in [-0.15, -0.1) is 0 Å². The van der Waals surface area contributed by atoms with Gasteiger partial charge in [-0.1, -0.05) is 18.2 Å². The molecular formula is C18H18N6. The summed E-state index contributed by atoms with van der Waals surface area (Å²) in [6, 6.07) is 5.80. The Bertz CT molecular complexity index is 901. The third kappa shape index (κ3) is 2.62. The van der Waals surface area contributed by atoms with Crippen LogP contribution in [0.3, 0.4) is 0 Å². The van der Waals surface area contributed by atoms with E-state index >= 15 is 0 Å². The van der Waals surface area contributed by atoms with Crippen LogP contribution in [0.25, 0.3) is 23.2 Å². The van der Waals surface area contributed by atoms with Crippen molar-refractivity contribution in [1.29, 1.82) is 0 Å². The van der Waals surface area contributed by atoms with Crippen molar-refractivity contribution in [2.75, 3.05) is 5.32 Å². The number of pyridine rings is 1. The molecule has 0 atom stereocenters. The molecule has 0 aromatic carbocycles. The zero-order chi connectivity index (χ0) is 16.4. The van der Waals surface area contributed by atoms with E-state index in [9.17, 15) is 0 Å². The Balaban J connectivity index is 1.72. The summed E-state index contributed by atoms with van der Waals surface area (Å²) in [6.07, 6.45) is 14.7. The van der Waals surface area contributed by atoms with E-state index in [-0.39, 0.29) is 0 Å². The zero-order valence-corrected chi connectivity index (χ0v) is 13.4. The standard InChI is InChI=1S/C18H18N6/c1-2-23-13-14(11-21-23)16-12-20-18-15(7-4-6-10-24(16)18)22-17-8-3-5-9-19-17/h3,5-13H,2,4H2,1H3,(H,19,22). The third-order valence-electron chi connectivity index (χ3n) is 3.93. The summed E-state index contributed by atoms with van der Waals surface area (Å²) in [6.45, 7) is 2.93. The second kappa shape index (κ2) is 6.16. The van der Waals surface area contributed by atoms with Gasteiger partial charge < -0.3 is 5.32 Å². The number of hydrogen-bond donors (Lipinski definition) is 1. The molecule has 0 unspecified atom stereocenters. The molecule has 3 aromatic rings. The lowest BCUT2D eigenvalue weighted by Gasteiger charge is -2.10. The maximum absolute atomic E-state index is 4.62. The molecule has 0 amide bonds. The number of hydrogen-bond acceptors (Lipinski definition) is 4. The number of nitrogens with zero attached hydrogens (tertiary/aromatic N) is 5. The lowest BCUT2D eigenvalue weighted by Crippen LogP contribution is -2.05. The molecule has 0 radical (unpaired) electrons. The van der Waals surface area contributed by atoms with E-state index in [1.807, 2.05) is 41.5 Å². The van der Waals surface area contributed by atoms with E-state index in [0.29, 0.717) is 0 Å². The number of aromatic nitrogens is 5. The first-order valence-corrected chi connectivity index (χ1v) is 8.00. The minimum atomic E-state index is 0.806. The molecule has 3 aromatic heterocycles. The van der Waals surface area contributed by atoms with Gasteiger partial charge in [0.05, 0.1) is 23.8 Å². The Labute approximate surface area is 140 Å². The van der Waals surface area contributed by atoms with Gasteiger partial charge in [0.1, 0.15) is 5.82 Å². The molecule has 6 nitrogen and oxygen atoms in total. The monoisotopic (exact) mass is 318 g/mol. The normalized spacial score (nSPS) is 13.3. The number of aryl methyl sites for hydroxylation is 1. The van der Waals surface area contributed by atoms with Crippen molar-refractivity contribution in [3.63, 3.8) is 0 Å². The van der Waals surface area contributed by atoms with E-state index in [1.165, 1.54) is 0 Å². The summed E-state index contributed by atoms with van der Waals surface area (Å²) in [7, 11) is 0. The molecule has 0 aliphatic carbocycles. The Hall–Kier alpha value is -3.15. The first-order valence-electron chi connectivity index (χ1n) is 8.00. The summed E-state index contributed by atoms with van der Waals surface area (Å²) < 4.78 is 4.00. The van der Waals surface area contributed by atoms with Crippen molar-refractivity contribution in [2.45, 2.75) is 19.9 Å². The van der Waals surface area contributed by atoms with Crippen LogP contribution in [-0.4, -0.2) is 24.3 Å². The van der Waals surface area contributed by atoms with E-state index in [4.69, 9.17) is 0 Å². The van der Waals surface area contributed by atoms with Crippen molar-refractivity contribution < 1.29 is 0 Å². The highest BCUT2D eigenvalue weighted by Gasteiger charge is 2.16. The number of anilines is 1. The van der Waals surface area contributed by atoms with Crippen molar-refractivity contribution in [3.8, 4) is 11.3 Å². The van der Waals surface area contributed by atoms with Crippen LogP contribution in [0.2, 0.25) is 0 Å². The molecule has 1 aliphatic heterocycles. The first-order chi connectivity index (χ1) is 11.8. The van der Waals surface area contributed by atoms with Gasteiger partial charge in [-0.25, -0.2) is 9.97 Å². The van der Waals surface area contributed by atoms with E-state index < -0.39 is 0 Å². The van der Waals surface area contributed by atoms with Gasteiger partial charge in [0, 0.05) is 30.7 Å². The molecule has 0 bridgehead atoms. The van der Waals surface area contributed by atoms with Gasteiger partial charge >= 0.3 is 0 Å². The smallest absolute Gasteiger partial charge is 0.160 e. The average molecular weight is 318 g/mol. The van der Waals surface area contributed by atoms with Gasteiger partial charge in [-0.05, 0) is 25.5 Å². The molecule has 24 heavy (non-hydrogen) atoms. The molecule has 6 heteroatoms. The SMILES string of the molecule is CCn1cc(-c2cnc3n2C=CCC=C3Nc2ccccn2)cn1. The van der Waals surface area contributed by atoms with Crippen LogP contribution < -0.4 is 5.32 Å². The molecule has 120 valence electrons. The highest BCUT2D eigenvalue weighted by molar-refractivity contribution is 5.76. The van der Waals surface area contributed by atoms with Crippen LogP contribution in [0.1, 0.15) is 19.2 Å².